The highest BCUT2D eigenvalue weighted by atomic mass is 16.6. The summed E-state index contributed by atoms with van der Waals surface area (Å²) >= 11 is 0. The van der Waals surface area contributed by atoms with E-state index in [-0.39, 0.29) is 31.1 Å². The van der Waals surface area contributed by atoms with E-state index in [1.807, 2.05) is 0 Å². The van der Waals surface area contributed by atoms with Gasteiger partial charge in [0, 0.05) is 19.3 Å². The van der Waals surface area contributed by atoms with Gasteiger partial charge in [-0.3, -0.25) is 14.4 Å². The van der Waals surface area contributed by atoms with E-state index in [0.717, 1.165) is 70.6 Å². The zero-order valence-corrected chi connectivity index (χ0v) is 34.6. The maximum Gasteiger partial charge on any atom is 0.306 e. The Bertz CT molecular complexity index is 850. The van der Waals surface area contributed by atoms with Gasteiger partial charge in [-0.15, -0.1) is 0 Å². The fraction of sp³-hybridized carbons (Fsp3) is 0.848. The largest absolute Gasteiger partial charge is 0.462 e. The standard InChI is InChI=1S/C46H84O6/c1-4-7-10-13-16-19-21-23-24-26-27-30-33-36-39-45(48)51-42-43(41-50-44(47)38-35-32-29-18-15-12-9-6-3)52-46(49)40-37-34-31-28-25-22-20-17-14-11-8-5-2/h17,20-21,23,43H,4-16,18-19,22,24-42H2,1-3H3/b20-17-,23-21-. The Labute approximate surface area is 322 Å². The Kier molecular flexibility index (Phi) is 40.0. The molecule has 0 rings (SSSR count). The zero-order valence-electron chi connectivity index (χ0n) is 34.6. The van der Waals surface area contributed by atoms with Gasteiger partial charge in [0.05, 0.1) is 0 Å². The van der Waals surface area contributed by atoms with Gasteiger partial charge in [0.1, 0.15) is 13.2 Å². The quantitative estimate of drug-likeness (QED) is 0.0270. The van der Waals surface area contributed by atoms with Crippen molar-refractivity contribution in [2.75, 3.05) is 13.2 Å². The minimum atomic E-state index is -0.771. The van der Waals surface area contributed by atoms with Crippen LogP contribution in [0.3, 0.4) is 0 Å². The van der Waals surface area contributed by atoms with Crippen molar-refractivity contribution in [2.24, 2.45) is 0 Å². The van der Waals surface area contributed by atoms with Gasteiger partial charge in [0.15, 0.2) is 6.10 Å². The Balaban J connectivity index is 4.35. The van der Waals surface area contributed by atoms with Crippen LogP contribution in [-0.2, 0) is 28.6 Å². The van der Waals surface area contributed by atoms with Crippen LogP contribution in [0.2, 0.25) is 0 Å². The number of allylic oxidation sites excluding steroid dienone is 4. The lowest BCUT2D eigenvalue weighted by atomic mass is 10.1. The van der Waals surface area contributed by atoms with Crippen LogP contribution in [-0.4, -0.2) is 37.2 Å². The van der Waals surface area contributed by atoms with E-state index < -0.39 is 6.10 Å². The normalized spacial score (nSPS) is 12.1. The van der Waals surface area contributed by atoms with Crippen LogP contribution in [0.15, 0.2) is 24.3 Å². The van der Waals surface area contributed by atoms with Crippen LogP contribution in [0.5, 0.6) is 0 Å². The molecular formula is C46H84O6. The number of rotatable bonds is 40. The van der Waals surface area contributed by atoms with Crippen LogP contribution in [0.1, 0.15) is 233 Å². The molecule has 0 bridgehead atoms. The van der Waals surface area contributed by atoms with E-state index in [1.54, 1.807) is 0 Å². The minimum absolute atomic E-state index is 0.0753. The average molecular weight is 733 g/mol. The summed E-state index contributed by atoms with van der Waals surface area (Å²) in [4.78, 5) is 37.6. The third-order valence-electron chi connectivity index (χ3n) is 9.68. The molecule has 304 valence electrons. The molecule has 0 spiro atoms. The van der Waals surface area contributed by atoms with Crippen molar-refractivity contribution in [3.05, 3.63) is 24.3 Å². The predicted molar refractivity (Wildman–Crippen MR) is 219 cm³/mol. The molecule has 0 aromatic heterocycles. The molecule has 0 aliphatic carbocycles. The minimum Gasteiger partial charge on any atom is -0.462 e. The summed E-state index contributed by atoms with van der Waals surface area (Å²) < 4.78 is 16.6. The Hall–Kier alpha value is -2.11. The fourth-order valence-corrected chi connectivity index (χ4v) is 6.25. The number of hydrogen-bond donors (Lipinski definition) is 0. The summed E-state index contributed by atoms with van der Waals surface area (Å²) in [6.07, 6.45) is 44.5. The average Bonchev–Trinajstić information content (AvgIpc) is 3.14. The number of carbonyl (C=O) groups excluding carboxylic acids is 3. The molecule has 0 saturated heterocycles. The van der Waals surface area contributed by atoms with E-state index in [4.69, 9.17) is 14.2 Å². The van der Waals surface area contributed by atoms with Gasteiger partial charge in [-0.05, 0) is 70.6 Å². The van der Waals surface area contributed by atoms with E-state index in [0.29, 0.717) is 19.3 Å². The SMILES string of the molecule is CCCCC/C=C\CCCCCCCC(=O)OC(COC(=O)CCCCCCC/C=C\CCCCCCC)COC(=O)CCCCCCCCCC. The number of unbranched alkanes of at least 4 members (excludes halogenated alkanes) is 25. The van der Waals surface area contributed by atoms with E-state index >= 15 is 0 Å². The number of hydrogen-bond acceptors (Lipinski definition) is 6. The first kappa shape index (κ1) is 49.9. The lowest BCUT2D eigenvalue weighted by Crippen LogP contribution is -2.30. The topological polar surface area (TPSA) is 78.9 Å². The molecule has 0 fully saturated rings. The summed E-state index contributed by atoms with van der Waals surface area (Å²) in [5, 5.41) is 0. The van der Waals surface area contributed by atoms with Crippen LogP contribution in [0, 0.1) is 0 Å². The molecule has 0 aromatic carbocycles. The molecule has 0 aromatic rings. The van der Waals surface area contributed by atoms with Crippen molar-refractivity contribution in [2.45, 2.75) is 239 Å². The smallest absolute Gasteiger partial charge is 0.306 e. The van der Waals surface area contributed by atoms with Crippen molar-refractivity contribution in [1.29, 1.82) is 0 Å². The van der Waals surface area contributed by atoms with Gasteiger partial charge >= 0.3 is 17.9 Å². The molecule has 0 amide bonds. The highest BCUT2D eigenvalue weighted by Gasteiger charge is 2.19. The summed E-state index contributed by atoms with van der Waals surface area (Å²) in [6.45, 7) is 6.56. The Morgan fingerprint density at radius 3 is 1.00 bits per heavy atom. The maximum absolute atomic E-state index is 12.7. The Morgan fingerprint density at radius 1 is 0.365 bits per heavy atom. The highest BCUT2D eigenvalue weighted by molar-refractivity contribution is 5.71. The fourth-order valence-electron chi connectivity index (χ4n) is 6.25. The first-order valence-corrected chi connectivity index (χ1v) is 22.3. The van der Waals surface area contributed by atoms with Crippen LogP contribution in [0.25, 0.3) is 0 Å². The molecule has 0 heterocycles. The first-order valence-electron chi connectivity index (χ1n) is 22.3. The van der Waals surface area contributed by atoms with Crippen molar-refractivity contribution >= 4 is 17.9 Å². The first-order chi connectivity index (χ1) is 25.5. The van der Waals surface area contributed by atoms with Gasteiger partial charge in [0.2, 0.25) is 0 Å². The van der Waals surface area contributed by atoms with Gasteiger partial charge in [-0.1, -0.05) is 167 Å². The summed E-state index contributed by atoms with van der Waals surface area (Å²) in [7, 11) is 0. The second-order valence-corrected chi connectivity index (χ2v) is 15.0. The maximum atomic E-state index is 12.7. The van der Waals surface area contributed by atoms with Crippen LogP contribution >= 0.6 is 0 Å². The van der Waals surface area contributed by atoms with E-state index in [1.165, 1.54) is 122 Å². The van der Waals surface area contributed by atoms with Crippen molar-refractivity contribution in [1.82, 2.24) is 0 Å². The van der Waals surface area contributed by atoms with Gasteiger partial charge in [0.25, 0.3) is 0 Å². The van der Waals surface area contributed by atoms with E-state index in [9.17, 15) is 14.4 Å². The Morgan fingerprint density at radius 2 is 0.635 bits per heavy atom. The number of carbonyl (C=O) groups is 3. The van der Waals surface area contributed by atoms with Crippen LogP contribution < -0.4 is 0 Å². The monoisotopic (exact) mass is 733 g/mol. The predicted octanol–water partition coefficient (Wildman–Crippen LogP) is 14.0. The molecule has 6 nitrogen and oxygen atoms in total. The summed E-state index contributed by atoms with van der Waals surface area (Å²) in [5.41, 5.74) is 0. The van der Waals surface area contributed by atoms with Gasteiger partial charge < -0.3 is 14.2 Å². The molecule has 1 atom stereocenters. The molecule has 0 aliphatic rings. The molecule has 0 radical (unpaired) electrons. The number of esters is 3. The highest BCUT2D eigenvalue weighted by Crippen LogP contribution is 2.13. The molecular weight excluding hydrogens is 649 g/mol. The summed E-state index contributed by atoms with van der Waals surface area (Å²) in [6, 6.07) is 0. The molecule has 52 heavy (non-hydrogen) atoms. The van der Waals surface area contributed by atoms with Gasteiger partial charge in [-0.25, -0.2) is 0 Å². The molecule has 0 N–H and O–H groups in total. The van der Waals surface area contributed by atoms with Crippen molar-refractivity contribution in [3.8, 4) is 0 Å². The van der Waals surface area contributed by atoms with Gasteiger partial charge in [-0.2, -0.15) is 0 Å². The number of ether oxygens (including phenoxy) is 3. The molecule has 0 saturated carbocycles. The van der Waals surface area contributed by atoms with Crippen molar-refractivity contribution < 1.29 is 28.6 Å². The van der Waals surface area contributed by atoms with Crippen molar-refractivity contribution in [3.63, 3.8) is 0 Å². The molecule has 6 heteroatoms. The lowest BCUT2D eigenvalue weighted by molar-refractivity contribution is -0.167. The van der Waals surface area contributed by atoms with E-state index in [2.05, 4.69) is 45.1 Å². The summed E-state index contributed by atoms with van der Waals surface area (Å²) in [5.74, 6) is -0.895. The zero-order chi connectivity index (χ0) is 38.0. The molecule has 0 aliphatic heterocycles. The second kappa shape index (κ2) is 41.6. The second-order valence-electron chi connectivity index (χ2n) is 15.0. The third kappa shape index (κ3) is 39.1. The lowest BCUT2D eigenvalue weighted by Gasteiger charge is -2.18. The third-order valence-corrected chi connectivity index (χ3v) is 9.68. The van der Waals surface area contributed by atoms with Crippen LogP contribution in [0.4, 0.5) is 0 Å². The molecule has 1 unspecified atom stereocenters.